The Bertz CT molecular complexity index is 9520. The van der Waals surface area contributed by atoms with E-state index in [1.165, 1.54) is 66.8 Å². The zero-order valence-corrected chi connectivity index (χ0v) is 78.7. The van der Waals surface area contributed by atoms with Gasteiger partial charge in [0.1, 0.15) is 16.6 Å². The normalized spacial score (nSPS) is 12.1. The number of anilines is 9. The van der Waals surface area contributed by atoms with Crippen LogP contribution in [0.3, 0.4) is 0 Å². The third-order valence-electron chi connectivity index (χ3n) is 28.8. The molecule has 0 saturated heterocycles. The molecule has 0 fully saturated rings. The third kappa shape index (κ3) is 14.8. The average Bonchev–Trinajstić information content (AvgIpc) is 1.50. The van der Waals surface area contributed by atoms with E-state index in [9.17, 15) is 0 Å². The van der Waals surface area contributed by atoms with Crippen molar-refractivity contribution in [2.45, 2.75) is 5.41 Å². The number of nitrogens with zero attached hydrogens (tertiary/aromatic N) is 6. The lowest BCUT2D eigenvalue weighted by atomic mass is 9.70. The van der Waals surface area contributed by atoms with E-state index >= 15 is 0 Å². The summed E-state index contributed by atoms with van der Waals surface area (Å²) >= 11 is 0. The van der Waals surface area contributed by atoms with Crippen LogP contribution in [0.15, 0.2) is 547 Å². The molecule has 145 heavy (non-hydrogen) atoms. The average molecular weight is 1850 g/mol. The quantitative estimate of drug-likeness (QED) is 0.0931. The number of oxazole rings is 3. The predicted octanol–water partition coefficient (Wildman–Crippen LogP) is 37.2. The van der Waals surface area contributed by atoms with Crippen molar-refractivity contribution in [2.24, 2.45) is 0 Å². The minimum absolute atomic E-state index is 0.425. The molecule has 3 aromatic heterocycles. The van der Waals surface area contributed by atoms with Crippen molar-refractivity contribution < 1.29 is 13.3 Å². The van der Waals surface area contributed by atoms with Crippen molar-refractivity contribution >= 4 is 149 Å². The summed E-state index contributed by atoms with van der Waals surface area (Å²) in [5.41, 5.74) is 34.9. The van der Waals surface area contributed by atoms with Crippen LogP contribution < -0.4 is 14.7 Å². The summed E-state index contributed by atoms with van der Waals surface area (Å²) in [7, 11) is 0. The third-order valence-corrected chi connectivity index (χ3v) is 28.8. The molecule has 0 atom stereocenters. The summed E-state index contributed by atoms with van der Waals surface area (Å²) in [5, 5.41) is 13.5. The van der Waals surface area contributed by atoms with Gasteiger partial charge in [-0.2, -0.15) is 0 Å². The van der Waals surface area contributed by atoms with E-state index in [4.69, 9.17) is 28.2 Å². The summed E-state index contributed by atoms with van der Waals surface area (Å²) in [6.07, 6.45) is 0. The molecule has 0 N–H and O–H groups in total. The topological polar surface area (TPSA) is 87.8 Å². The van der Waals surface area contributed by atoms with E-state index in [2.05, 4.69) is 445 Å². The Kier molecular flexibility index (Phi) is 21.0. The van der Waals surface area contributed by atoms with Crippen molar-refractivity contribution in [3.05, 3.63) is 556 Å². The number of aromatic nitrogens is 3. The summed E-state index contributed by atoms with van der Waals surface area (Å²) in [6, 6.07) is 189. The Hall–Kier alpha value is -19.4. The number of para-hydroxylation sites is 4. The summed E-state index contributed by atoms with van der Waals surface area (Å²) in [5.74, 6) is 1.89. The maximum atomic E-state index is 6.61. The van der Waals surface area contributed by atoms with Crippen LogP contribution in [-0.2, 0) is 5.41 Å². The lowest BCUT2D eigenvalue weighted by Crippen LogP contribution is -2.26. The van der Waals surface area contributed by atoms with Gasteiger partial charge in [0.05, 0.1) is 11.1 Å². The number of benzene rings is 24. The highest BCUT2D eigenvalue weighted by molar-refractivity contribution is 6.24. The minimum atomic E-state index is -0.425. The van der Waals surface area contributed by atoms with Crippen molar-refractivity contribution in [1.82, 2.24) is 15.0 Å². The van der Waals surface area contributed by atoms with Gasteiger partial charge >= 0.3 is 0 Å². The molecule has 2 aliphatic carbocycles. The predicted molar refractivity (Wildman–Crippen MR) is 600 cm³/mol. The first-order valence-electron chi connectivity index (χ1n) is 49.2. The van der Waals surface area contributed by atoms with E-state index in [-0.39, 0.29) is 0 Å². The fraction of sp³-hybridized carbons (Fsp3) is 0.00735. The van der Waals surface area contributed by atoms with E-state index < -0.39 is 5.41 Å². The Labute approximate surface area is 837 Å². The van der Waals surface area contributed by atoms with E-state index in [1.54, 1.807) is 0 Å². The van der Waals surface area contributed by atoms with Crippen LogP contribution in [0.5, 0.6) is 0 Å². The fourth-order valence-electron chi connectivity index (χ4n) is 22.3. The molecule has 0 amide bonds. The van der Waals surface area contributed by atoms with Crippen LogP contribution >= 0.6 is 0 Å². The van der Waals surface area contributed by atoms with Gasteiger partial charge in [0.15, 0.2) is 16.7 Å². The molecule has 0 radical (unpaired) electrons. The highest BCUT2D eigenvalue weighted by atomic mass is 16.4. The zero-order chi connectivity index (χ0) is 95.8. The maximum Gasteiger partial charge on any atom is 0.227 e. The van der Waals surface area contributed by atoms with Crippen molar-refractivity contribution in [1.29, 1.82) is 0 Å². The largest absolute Gasteiger partial charge is 0.436 e. The molecule has 9 heteroatoms. The summed E-state index contributed by atoms with van der Waals surface area (Å²) < 4.78 is 19.2. The van der Waals surface area contributed by atoms with Crippen molar-refractivity contribution in [2.75, 3.05) is 14.7 Å². The second-order valence-corrected chi connectivity index (χ2v) is 37.1. The van der Waals surface area contributed by atoms with Crippen molar-refractivity contribution in [3.8, 4) is 90.0 Å². The second-order valence-electron chi connectivity index (χ2n) is 37.1. The van der Waals surface area contributed by atoms with Gasteiger partial charge in [-0.15, -0.1) is 0 Å². The number of rotatable bonds is 15. The van der Waals surface area contributed by atoms with Crippen LogP contribution in [0, 0.1) is 0 Å². The molecule has 3 heterocycles. The molecule has 1 spiro atoms. The van der Waals surface area contributed by atoms with E-state index in [1.807, 2.05) is 103 Å². The summed E-state index contributed by atoms with van der Waals surface area (Å²) in [4.78, 5) is 22.1. The first kappa shape index (κ1) is 84.9. The molecule has 0 bridgehead atoms. The van der Waals surface area contributed by atoms with Crippen LogP contribution in [-0.4, -0.2) is 15.0 Å². The molecule has 29 rings (SSSR count). The molecule has 27 aromatic rings. The van der Waals surface area contributed by atoms with Crippen LogP contribution in [0.25, 0.3) is 188 Å². The lowest BCUT2D eigenvalue weighted by Gasteiger charge is -2.32. The molecule has 0 saturated carbocycles. The van der Waals surface area contributed by atoms with Gasteiger partial charge in [0, 0.05) is 83.7 Å². The monoisotopic (exact) mass is 1850 g/mol. The van der Waals surface area contributed by atoms with Gasteiger partial charge < -0.3 is 28.0 Å². The molecule has 9 nitrogen and oxygen atoms in total. The van der Waals surface area contributed by atoms with Gasteiger partial charge in [-0.3, -0.25) is 0 Å². The highest BCUT2D eigenvalue weighted by Crippen LogP contribution is 2.64. The smallest absolute Gasteiger partial charge is 0.227 e. The van der Waals surface area contributed by atoms with E-state index in [0.717, 1.165) is 177 Å². The van der Waals surface area contributed by atoms with Crippen molar-refractivity contribution in [3.63, 3.8) is 0 Å². The standard InChI is InChI=1S/C52H32N2O.C45H30N2O.C39H26N2O/c1-3-13-35(14-4-1)51-53-48-30-26-34-24-23-33-25-27-37(31-43(33)49(34)50(48)55-51)54(36-15-5-2-6-16-36)38-28-29-42-41-19-9-12-22-46(41)52(47(42)32-38)44-20-10-7-17-39(44)40-18-8-11-21-45(40)52;1-4-12-31(13-5-1)39-18-10-11-19-40(39)32-22-26-37(27-23-32)47(36-16-8-3-9-17-36)38-28-24-33-20-21-34-25-29-42-44(43(34)41(33)30-38)46-45(48-42)35-14-6-2-7-15-35;1-5-13-27(14-6-1)30-25-34-33(35(26-30)41(31-17-9-3-10-18-31)32-19-11-4-12-20-32)23-21-28-22-24-36-38(37(28)34)40-39(42-36)29-15-7-2-8-16-29/h1-32H;1-30H;1-26H. The van der Waals surface area contributed by atoms with Crippen LogP contribution in [0.4, 0.5) is 51.2 Å². The van der Waals surface area contributed by atoms with Gasteiger partial charge in [-0.25, -0.2) is 15.0 Å². The first-order chi connectivity index (χ1) is 71.9. The Morgan fingerprint density at radius 2 is 0.503 bits per heavy atom. The highest BCUT2D eigenvalue weighted by Gasteiger charge is 2.52. The molecule has 680 valence electrons. The number of hydrogen-bond acceptors (Lipinski definition) is 9. The Morgan fingerprint density at radius 3 is 0.986 bits per heavy atom. The minimum Gasteiger partial charge on any atom is -0.436 e. The van der Waals surface area contributed by atoms with Gasteiger partial charge in [-0.05, 0) is 285 Å². The summed E-state index contributed by atoms with van der Waals surface area (Å²) in [6.45, 7) is 0. The molecule has 0 unspecified atom stereocenters. The van der Waals surface area contributed by atoms with Crippen LogP contribution in [0.1, 0.15) is 22.3 Å². The lowest BCUT2D eigenvalue weighted by molar-refractivity contribution is 0.619. The van der Waals surface area contributed by atoms with Gasteiger partial charge in [0.25, 0.3) is 0 Å². The SMILES string of the molecule is c1ccc(-c2cc(N(c3ccccc3)c3ccccc3)c3ccc4ccc5oc(-c6ccccc6)nc5c4c3c2)cc1.c1ccc(-c2nc3c(ccc4ccc5ccc(N(c6ccccc6)c6ccc(-c7ccccc7-c7ccccc7)cc6)cc5c43)o2)cc1.c1ccc(-c2nc3ccc4ccc5ccc(N(c6ccccc6)c6ccc7c(c6)C6(c8ccccc8-c8ccccc86)c6ccccc6-7)cc5c4c3o2)cc1. The first-order valence-corrected chi connectivity index (χ1v) is 49.2. The maximum absolute atomic E-state index is 6.61. The fourth-order valence-corrected chi connectivity index (χ4v) is 22.3. The molecule has 0 aliphatic heterocycles. The zero-order valence-electron chi connectivity index (χ0n) is 78.7. The molecule has 2 aliphatic rings. The Morgan fingerprint density at radius 1 is 0.179 bits per heavy atom. The Balaban J connectivity index is 0.000000109. The van der Waals surface area contributed by atoms with Gasteiger partial charge in [-0.1, -0.05) is 370 Å². The van der Waals surface area contributed by atoms with E-state index in [0.29, 0.717) is 17.7 Å². The molecular formula is C136H88N6O3. The molecular weight excluding hydrogens is 1770 g/mol. The molecule has 24 aromatic carbocycles. The second kappa shape index (κ2) is 35.8. The number of hydrogen-bond donors (Lipinski definition) is 0. The van der Waals surface area contributed by atoms with Gasteiger partial charge in [0.2, 0.25) is 17.7 Å². The number of fused-ring (bicyclic) bond motifs is 25. The van der Waals surface area contributed by atoms with Crippen LogP contribution in [0.2, 0.25) is 0 Å².